The highest BCUT2D eigenvalue weighted by Gasteiger charge is 2.50. The van der Waals surface area contributed by atoms with E-state index in [9.17, 15) is 0 Å². The molecular formula is C12H21NO. The van der Waals surface area contributed by atoms with E-state index in [0.29, 0.717) is 5.41 Å². The van der Waals surface area contributed by atoms with Crippen molar-refractivity contribution >= 4 is 0 Å². The van der Waals surface area contributed by atoms with E-state index in [0.717, 1.165) is 19.3 Å². The summed E-state index contributed by atoms with van der Waals surface area (Å²) in [7, 11) is 0. The van der Waals surface area contributed by atoms with Crippen molar-refractivity contribution in [2.75, 3.05) is 26.3 Å². The Bertz CT molecular complexity index is 196. The Morgan fingerprint density at radius 2 is 1.57 bits per heavy atom. The molecule has 1 spiro atoms. The molecule has 0 aromatic heterocycles. The van der Waals surface area contributed by atoms with Crippen molar-refractivity contribution in [2.24, 2.45) is 5.41 Å². The summed E-state index contributed by atoms with van der Waals surface area (Å²) >= 11 is 0. The molecule has 80 valence electrons. The highest BCUT2D eigenvalue weighted by atomic mass is 16.5. The second-order valence-electron chi connectivity index (χ2n) is 5.54. The third-order valence-electron chi connectivity index (χ3n) is 4.23. The van der Waals surface area contributed by atoms with Crippen LogP contribution in [0.2, 0.25) is 0 Å². The first-order valence-electron chi connectivity index (χ1n) is 6.20. The summed E-state index contributed by atoms with van der Waals surface area (Å²) in [6.45, 7) is 4.74. The summed E-state index contributed by atoms with van der Waals surface area (Å²) in [6, 6.07) is 0.920. The molecule has 1 saturated carbocycles. The lowest BCUT2D eigenvalue weighted by atomic mass is 9.76. The molecule has 3 aliphatic rings. The van der Waals surface area contributed by atoms with E-state index >= 15 is 0 Å². The Hall–Kier alpha value is -0.0800. The van der Waals surface area contributed by atoms with Gasteiger partial charge in [-0.3, -0.25) is 4.90 Å². The highest BCUT2D eigenvalue weighted by Crippen LogP contribution is 2.40. The second kappa shape index (κ2) is 3.49. The quantitative estimate of drug-likeness (QED) is 0.594. The summed E-state index contributed by atoms with van der Waals surface area (Å²) in [5.74, 6) is 0. The number of rotatable bonds is 1. The van der Waals surface area contributed by atoms with Crippen LogP contribution in [0.15, 0.2) is 0 Å². The lowest BCUT2D eigenvalue weighted by molar-refractivity contribution is -0.199. The first-order chi connectivity index (χ1) is 6.88. The van der Waals surface area contributed by atoms with Crippen LogP contribution in [-0.2, 0) is 4.74 Å². The number of hydrogen-bond donors (Lipinski definition) is 0. The van der Waals surface area contributed by atoms with Crippen LogP contribution in [0, 0.1) is 5.41 Å². The average Bonchev–Trinajstić information content (AvgIpc) is 2.27. The smallest absolute Gasteiger partial charge is 0.0569 e. The van der Waals surface area contributed by atoms with Gasteiger partial charge >= 0.3 is 0 Å². The molecule has 3 fully saturated rings. The Morgan fingerprint density at radius 1 is 0.929 bits per heavy atom. The van der Waals surface area contributed by atoms with E-state index in [1.165, 1.54) is 51.6 Å². The second-order valence-corrected chi connectivity index (χ2v) is 5.54. The fraction of sp³-hybridized carbons (Fsp3) is 1.00. The minimum atomic E-state index is 0.617. The van der Waals surface area contributed by atoms with Gasteiger partial charge < -0.3 is 4.74 Å². The summed E-state index contributed by atoms with van der Waals surface area (Å²) in [5, 5.41) is 0. The molecule has 0 unspecified atom stereocenters. The van der Waals surface area contributed by atoms with Gasteiger partial charge in [-0.05, 0) is 12.8 Å². The Morgan fingerprint density at radius 3 is 2.07 bits per heavy atom. The van der Waals surface area contributed by atoms with Gasteiger partial charge in [0.15, 0.2) is 0 Å². The molecule has 0 radical (unpaired) electrons. The number of ether oxygens (including phenoxy) is 1. The van der Waals surface area contributed by atoms with Gasteiger partial charge in [0.1, 0.15) is 0 Å². The molecule has 2 nitrogen and oxygen atoms in total. The number of likely N-dealkylation sites (tertiary alicyclic amines) is 1. The largest absolute Gasteiger partial charge is 0.380 e. The fourth-order valence-electron chi connectivity index (χ4n) is 3.27. The summed E-state index contributed by atoms with van der Waals surface area (Å²) in [4.78, 5) is 2.72. The van der Waals surface area contributed by atoms with Gasteiger partial charge in [-0.15, -0.1) is 0 Å². The zero-order valence-electron chi connectivity index (χ0n) is 9.00. The molecule has 2 heteroatoms. The van der Waals surface area contributed by atoms with Crippen molar-refractivity contribution < 1.29 is 4.74 Å². The van der Waals surface area contributed by atoms with E-state index in [1.807, 2.05) is 0 Å². The van der Waals surface area contributed by atoms with E-state index in [1.54, 1.807) is 0 Å². The third-order valence-corrected chi connectivity index (χ3v) is 4.23. The Balaban J connectivity index is 1.51. The summed E-state index contributed by atoms with van der Waals surface area (Å²) < 4.78 is 5.31. The zero-order chi connectivity index (χ0) is 9.43. The molecule has 0 aromatic carbocycles. The molecule has 0 atom stereocenters. The van der Waals surface area contributed by atoms with Crippen molar-refractivity contribution in [1.82, 2.24) is 4.90 Å². The molecule has 2 heterocycles. The molecule has 0 N–H and O–H groups in total. The van der Waals surface area contributed by atoms with E-state index in [4.69, 9.17) is 4.74 Å². The minimum absolute atomic E-state index is 0.617. The highest BCUT2D eigenvalue weighted by molar-refractivity contribution is 5.01. The normalized spacial score (nSPS) is 33.4. The zero-order valence-corrected chi connectivity index (χ0v) is 9.00. The summed E-state index contributed by atoms with van der Waals surface area (Å²) in [6.07, 6.45) is 8.78. The van der Waals surface area contributed by atoms with Crippen molar-refractivity contribution in [3.05, 3.63) is 0 Å². The molecule has 0 bridgehead atoms. The monoisotopic (exact) mass is 195 g/mol. The topological polar surface area (TPSA) is 12.5 Å². The van der Waals surface area contributed by atoms with Gasteiger partial charge in [0.2, 0.25) is 0 Å². The summed E-state index contributed by atoms with van der Waals surface area (Å²) in [5.41, 5.74) is 0.617. The molecule has 0 amide bonds. The molecule has 3 rings (SSSR count). The lowest BCUT2D eigenvalue weighted by Gasteiger charge is -2.57. The minimum Gasteiger partial charge on any atom is -0.380 e. The molecular weight excluding hydrogens is 174 g/mol. The molecule has 1 aliphatic carbocycles. The van der Waals surface area contributed by atoms with E-state index < -0.39 is 0 Å². The van der Waals surface area contributed by atoms with Crippen molar-refractivity contribution in [3.8, 4) is 0 Å². The lowest BCUT2D eigenvalue weighted by Crippen LogP contribution is -2.67. The van der Waals surface area contributed by atoms with Gasteiger partial charge in [-0.2, -0.15) is 0 Å². The fourth-order valence-corrected chi connectivity index (χ4v) is 3.27. The van der Waals surface area contributed by atoms with E-state index in [2.05, 4.69) is 4.90 Å². The molecule has 14 heavy (non-hydrogen) atoms. The van der Waals surface area contributed by atoms with Crippen molar-refractivity contribution in [3.63, 3.8) is 0 Å². The maximum absolute atomic E-state index is 5.31. The van der Waals surface area contributed by atoms with Crippen LogP contribution in [-0.4, -0.2) is 37.2 Å². The van der Waals surface area contributed by atoms with Crippen LogP contribution in [0.4, 0.5) is 0 Å². The third kappa shape index (κ3) is 1.49. The van der Waals surface area contributed by atoms with Crippen molar-refractivity contribution in [2.45, 2.75) is 44.6 Å². The SMILES string of the molecule is C1CCCC(N2CC3(COC3)C2)CC1. The van der Waals surface area contributed by atoms with E-state index in [-0.39, 0.29) is 0 Å². The van der Waals surface area contributed by atoms with Crippen LogP contribution in [0.3, 0.4) is 0 Å². The van der Waals surface area contributed by atoms with Crippen LogP contribution < -0.4 is 0 Å². The van der Waals surface area contributed by atoms with Crippen LogP contribution in [0.25, 0.3) is 0 Å². The maximum Gasteiger partial charge on any atom is 0.0569 e. The average molecular weight is 195 g/mol. The standard InChI is InChI=1S/C12H21NO/c1-2-4-6-11(5-3-1)13-7-12(8-13)9-14-10-12/h11H,1-10H2. The molecule has 0 aromatic rings. The predicted octanol–water partition coefficient (Wildman–Crippen LogP) is 2.04. The van der Waals surface area contributed by atoms with Gasteiger partial charge in [-0.1, -0.05) is 25.7 Å². The van der Waals surface area contributed by atoms with Crippen LogP contribution >= 0.6 is 0 Å². The van der Waals surface area contributed by atoms with Crippen molar-refractivity contribution in [1.29, 1.82) is 0 Å². The van der Waals surface area contributed by atoms with Gasteiger partial charge in [0.05, 0.1) is 13.2 Å². The Labute approximate surface area is 86.6 Å². The van der Waals surface area contributed by atoms with Crippen LogP contribution in [0.5, 0.6) is 0 Å². The predicted molar refractivity (Wildman–Crippen MR) is 56.3 cm³/mol. The van der Waals surface area contributed by atoms with Gasteiger partial charge in [-0.25, -0.2) is 0 Å². The molecule has 2 saturated heterocycles. The first kappa shape index (κ1) is 9.17. The van der Waals surface area contributed by atoms with Gasteiger partial charge in [0, 0.05) is 24.5 Å². The van der Waals surface area contributed by atoms with Crippen LogP contribution in [0.1, 0.15) is 38.5 Å². The maximum atomic E-state index is 5.31. The number of nitrogens with zero attached hydrogens (tertiary/aromatic N) is 1. The Kier molecular flexibility index (Phi) is 2.29. The molecule has 2 aliphatic heterocycles. The first-order valence-corrected chi connectivity index (χ1v) is 6.20. The number of hydrogen-bond acceptors (Lipinski definition) is 2. The van der Waals surface area contributed by atoms with Gasteiger partial charge in [0.25, 0.3) is 0 Å².